The summed E-state index contributed by atoms with van der Waals surface area (Å²) in [7, 11) is 0. The molecule has 1 saturated heterocycles. The molecule has 1 unspecified atom stereocenters. The number of thiazole rings is 1. The Morgan fingerprint density at radius 2 is 1.83 bits per heavy atom. The fourth-order valence-corrected chi connectivity index (χ4v) is 4.46. The van der Waals surface area contributed by atoms with Crippen LogP contribution < -0.4 is 10.2 Å². The zero-order chi connectivity index (χ0) is 20.9. The number of hydrogen-bond donors (Lipinski definition) is 1. The lowest BCUT2D eigenvalue weighted by molar-refractivity contribution is 0.0931. The van der Waals surface area contributed by atoms with Gasteiger partial charge in [-0.25, -0.2) is 15.0 Å². The van der Waals surface area contributed by atoms with Crippen LogP contribution in [0.25, 0.3) is 10.7 Å². The molecule has 0 aromatic carbocycles. The Balaban J connectivity index is 1.30. The van der Waals surface area contributed by atoms with Crippen LogP contribution in [0.4, 0.5) is 5.95 Å². The van der Waals surface area contributed by atoms with Crippen molar-refractivity contribution in [3.63, 3.8) is 0 Å². The van der Waals surface area contributed by atoms with E-state index in [1.807, 2.05) is 38.1 Å². The van der Waals surface area contributed by atoms with E-state index in [2.05, 4.69) is 35.1 Å². The molecule has 1 fully saturated rings. The van der Waals surface area contributed by atoms with Gasteiger partial charge in [-0.3, -0.25) is 14.7 Å². The van der Waals surface area contributed by atoms with E-state index in [1.54, 1.807) is 18.6 Å². The molecule has 4 rings (SSSR count). The molecule has 4 heterocycles. The van der Waals surface area contributed by atoms with Crippen molar-refractivity contribution in [2.24, 2.45) is 0 Å². The monoisotopic (exact) mass is 423 g/mol. The maximum absolute atomic E-state index is 12.8. The first-order valence-corrected chi connectivity index (χ1v) is 10.9. The van der Waals surface area contributed by atoms with Crippen molar-refractivity contribution >= 4 is 23.2 Å². The molecule has 0 radical (unpaired) electrons. The lowest BCUT2D eigenvalue weighted by Crippen LogP contribution is -2.51. The van der Waals surface area contributed by atoms with Crippen LogP contribution in [0.5, 0.6) is 0 Å². The van der Waals surface area contributed by atoms with Gasteiger partial charge in [-0.15, -0.1) is 11.3 Å². The van der Waals surface area contributed by atoms with Gasteiger partial charge in [0.2, 0.25) is 5.95 Å². The number of pyridine rings is 1. The Morgan fingerprint density at radius 3 is 2.53 bits per heavy atom. The smallest absolute Gasteiger partial charge is 0.263 e. The third-order valence-corrected chi connectivity index (χ3v) is 6.18. The number of hydrogen-bond acceptors (Lipinski definition) is 8. The summed E-state index contributed by atoms with van der Waals surface area (Å²) in [6.45, 7) is 8.32. The summed E-state index contributed by atoms with van der Waals surface area (Å²) in [6, 6.07) is 7.56. The topological polar surface area (TPSA) is 87.1 Å². The minimum absolute atomic E-state index is 0.0387. The molecule has 9 heteroatoms. The Bertz CT molecular complexity index is 972. The third kappa shape index (κ3) is 4.80. The van der Waals surface area contributed by atoms with Crippen molar-refractivity contribution < 1.29 is 4.79 Å². The van der Waals surface area contributed by atoms with E-state index in [-0.39, 0.29) is 11.9 Å². The molecule has 0 aliphatic carbocycles. The average molecular weight is 424 g/mol. The molecular weight excluding hydrogens is 398 g/mol. The first-order chi connectivity index (χ1) is 14.6. The van der Waals surface area contributed by atoms with Gasteiger partial charge in [-0.1, -0.05) is 6.07 Å². The summed E-state index contributed by atoms with van der Waals surface area (Å²) in [5, 5.41) is 3.89. The largest absolute Gasteiger partial charge is 0.348 e. The number of anilines is 1. The first kappa shape index (κ1) is 20.4. The van der Waals surface area contributed by atoms with Crippen LogP contribution in [0, 0.1) is 6.92 Å². The molecule has 3 aromatic heterocycles. The van der Waals surface area contributed by atoms with Crippen molar-refractivity contribution in [3.05, 3.63) is 53.4 Å². The summed E-state index contributed by atoms with van der Waals surface area (Å²) in [6.07, 6.45) is 5.28. The van der Waals surface area contributed by atoms with Crippen molar-refractivity contribution in [3.8, 4) is 10.7 Å². The first-order valence-electron chi connectivity index (χ1n) is 10.0. The molecule has 8 nitrogen and oxygen atoms in total. The highest BCUT2D eigenvalue weighted by atomic mass is 32.1. The summed E-state index contributed by atoms with van der Waals surface area (Å²) in [4.78, 5) is 35.5. The quantitative estimate of drug-likeness (QED) is 0.651. The van der Waals surface area contributed by atoms with Gasteiger partial charge in [0.25, 0.3) is 5.91 Å². The summed E-state index contributed by atoms with van der Waals surface area (Å²) in [5.41, 5.74) is 1.53. The van der Waals surface area contributed by atoms with Gasteiger partial charge in [-0.05, 0) is 32.0 Å². The highest BCUT2D eigenvalue weighted by molar-refractivity contribution is 7.17. The van der Waals surface area contributed by atoms with Crippen molar-refractivity contribution in [2.45, 2.75) is 19.9 Å². The molecule has 3 aromatic rings. The second-order valence-corrected chi connectivity index (χ2v) is 8.36. The molecule has 1 aliphatic heterocycles. The number of amides is 1. The maximum Gasteiger partial charge on any atom is 0.263 e. The van der Waals surface area contributed by atoms with Crippen LogP contribution in [-0.4, -0.2) is 69.5 Å². The third-order valence-electron chi connectivity index (χ3n) is 5.00. The number of nitrogens with zero attached hydrogens (tertiary/aromatic N) is 6. The van der Waals surface area contributed by atoms with Gasteiger partial charge < -0.3 is 10.2 Å². The zero-order valence-corrected chi connectivity index (χ0v) is 18.0. The molecule has 30 heavy (non-hydrogen) atoms. The molecular formula is C21H25N7OS. The van der Waals surface area contributed by atoms with E-state index in [0.717, 1.165) is 55.1 Å². The molecule has 156 valence electrons. The Labute approximate surface area is 180 Å². The second-order valence-electron chi connectivity index (χ2n) is 7.36. The normalized spacial score (nSPS) is 15.7. The van der Waals surface area contributed by atoms with Crippen LogP contribution in [0.2, 0.25) is 0 Å². The minimum Gasteiger partial charge on any atom is -0.348 e. The Kier molecular flexibility index (Phi) is 6.29. The number of nitrogens with one attached hydrogen (secondary N) is 1. The van der Waals surface area contributed by atoms with Gasteiger partial charge >= 0.3 is 0 Å². The SMILES string of the molecule is Cc1nc(-c2ccccn2)sc1C(=O)NC(C)CN1CCN(c2ncccn2)CC1. The number of aromatic nitrogens is 4. The van der Waals surface area contributed by atoms with Gasteiger partial charge in [-0.2, -0.15) is 0 Å². The summed E-state index contributed by atoms with van der Waals surface area (Å²) < 4.78 is 0. The van der Waals surface area contributed by atoms with Crippen LogP contribution >= 0.6 is 11.3 Å². The van der Waals surface area contributed by atoms with E-state index < -0.39 is 0 Å². The average Bonchev–Trinajstić information content (AvgIpc) is 3.17. The van der Waals surface area contributed by atoms with E-state index in [0.29, 0.717) is 4.88 Å². The highest BCUT2D eigenvalue weighted by Gasteiger charge is 2.22. The van der Waals surface area contributed by atoms with Crippen molar-refractivity contribution in [2.75, 3.05) is 37.6 Å². The van der Waals surface area contributed by atoms with E-state index in [9.17, 15) is 4.79 Å². The number of rotatable bonds is 6. The van der Waals surface area contributed by atoms with Gasteiger partial charge in [0.15, 0.2) is 0 Å². The number of aryl methyl sites for hydroxylation is 1. The summed E-state index contributed by atoms with van der Waals surface area (Å²) in [5.74, 6) is 0.707. The predicted molar refractivity (Wildman–Crippen MR) is 118 cm³/mol. The Morgan fingerprint density at radius 1 is 1.10 bits per heavy atom. The van der Waals surface area contributed by atoms with Crippen LogP contribution in [0.15, 0.2) is 42.9 Å². The predicted octanol–water partition coefficient (Wildman–Crippen LogP) is 2.24. The lowest BCUT2D eigenvalue weighted by Gasteiger charge is -2.35. The van der Waals surface area contributed by atoms with Crippen LogP contribution in [0.1, 0.15) is 22.3 Å². The van der Waals surface area contributed by atoms with Crippen LogP contribution in [0.3, 0.4) is 0 Å². The van der Waals surface area contributed by atoms with Crippen LogP contribution in [-0.2, 0) is 0 Å². The number of carbonyl (C=O) groups excluding carboxylic acids is 1. The maximum atomic E-state index is 12.8. The number of carbonyl (C=O) groups is 1. The van der Waals surface area contributed by atoms with Gasteiger partial charge in [0, 0.05) is 57.4 Å². The van der Waals surface area contributed by atoms with E-state index >= 15 is 0 Å². The Hall–Kier alpha value is -2.91. The van der Waals surface area contributed by atoms with Gasteiger partial charge in [0.05, 0.1) is 11.4 Å². The molecule has 0 spiro atoms. The fourth-order valence-electron chi connectivity index (χ4n) is 3.51. The van der Waals surface area contributed by atoms with E-state index in [1.165, 1.54) is 11.3 Å². The molecule has 1 atom stereocenters. The minimum atomic E-state index is -0.0731. The van der Waals surface area contributed by atoms with Crippen molar-refractivity contribution in [1.82, 2.24) is 30.2 Å². The molecule has 0 bridgehead atoms. The van der Waals surface area contributed by atoms with Gasteiger partial charge in [0.1, 0.15) is 9.88 Å². The zero-order valence-electron chi connectivity index (χ0n) is 17.2. The lowest BCUT2D eigenvalue weighted by atomic mass is 10.2. The second kappa shape index (κ2) is 9.27. The van der Waals surface area contributed by atoms with Crippen molar-refractivity contribution in [1.29, 1.82) is 0 Å². The number of piperazine rings is 1. The molecule has 0 saturated carbocycles. The highest BCUT2D eigenvalue weighted by Crippen LogP contribution is 2.26. The molecule has 1 amide bonds. The molecule has 1 aliphatic rings. The summed E-state index contributed by atoms with van der Waals surface area (Å²) >= 11 is 1.39. The fraction of sp³-hybridized carbons (Fsp3) is 0.381. The molecule has 1 N–H and O–H groups in total. The standard InChI is InChI=1S/C21H25N7OS/c1-15(14-27-10-12-28(13-11-27)21-23-8-5-9-24-21)25-19(29)18-16(2)26-20(30-18)17-6-3-4-7-22-17/h3-9,15H,10-14H2,1-2H3,(H,25,29). The van der Waals surface area contributed by atoms with E-state index in [4.69, 9.17) is 0 Å².